The van der Waals surface area contributed by atoms with Crippen molar-refractivity contribution in [3.8, 4) is 11.3 Å². The van der Waals surface area contributed by atoms with Crippen molar-refractivity contribution in [2.45, 2.75) is 26.2 Å². The lowest BCUT2D eigenvalue weighted by Crippen LogP contribution is -2.44. The molecule has 0 saturated carbocycles. The number of H-pyrrole nitrogens is 1. The molecule has 140 valence electrons. The zero-order valence-electron chi connectivity index (χ0n) is 14.8. The Balaban J connectivity index is 1.62. The van der Waals surface area contributed by atoms with E-state index >= 15 is 0 Å². The van der Waals surface area contributed by atoms with Gasteiger partial charge in [-0.2, -0.15) is 5.10 Å². The van der Waals surface area contributed by atoms with Gasteiger partial charge in [-0.15, -0.1) is 0 Å². The molecule has 1 aliphatic heterocycles. The Morgan fingerprint density at radius 2 is 2.08 bits per heavy atom. The van der Waals surface area contributed by atoms with E-state index in [2.05, 4.69) is 15.5 Å². The number of amides is 1. The molecule has 26 heavy (non-hydrogen) atoms. The highest BCUT2D eigenvalue weighted by Crippen LogP contribution is 2.23. The molecule has 1 unspecified atom stereocenters. The number of aromatic nitrogens is 2. The Kier molecular flexibility index (Phi) is 5.73. The number of nitrogens with zero attached hydrogens (tertiary/aromatic N) is 2. The van der Waals surface area contributed by atoms with Crippen LogP contribution in [-0.4, -0.2) is 47.7 Å². The van der Waals surface area contributed by atoms with E-state index in [0.29, 0.717) is 31.5 Å². The minimum absolute atomic E-state index is 0.129. The fourth-order valence-electron chi connectivity index (χ4n) is 3.19. The lowest BCUT2D eigenvalue weighted by molar-refractivity contribution is -0.120. The number of hydrogen-bond donors (Lipinski definition) is 2. The van der Waals surface area contributed by atoms with Crippen molar-refractivity contribution in [3.63, 3.8) is 0 Å². The first-order valence-electron chi connectivity index (χ1n) is 8.88. The highest BCUT2D eigenvalue weighted by Gasteiger charge is 2.31. The number of aromatic amines is 1. The van der Waals surface area contributed by atoms with Crippen LogP contribution in [-0.2, 0) is 14.8 Å². The van der Waals surface area contributed by atoms with E-state index in [1.807, 2.05) is 37.3 Å². The van der Waals surface area contributed by atoms with E-state index in [1.165, 1.54) is 4.31 Å². The molecule has 1 aliphatic rings. The van der Waals surface area contributed by atoms with E-state index in [4.69, 9.17) is 0 Å². The number of hydrogen-bond acceptors (Lipinski definition) is 4. The average Bonchev–Trinajstić information content (AvgIpc) is 3.17. The number of piperidine rings is 1. The van der Waals surface area contributed by atoms with Crippen LogP contribution in [0.4, 0.5) is 5.69 Å². The van der Waals surface area contributed by atoms with Crippen molar-refractivity contribution in [2.75, 3.05) is 24.2 Å². The second-order valence-corrected chi connectivity index (χ2v) is 8.64. The molecule has 0 bridgehead atoms. The van der Waals surface area contributed by atoms with Crippen LogP contribution in [0.5, 0.6) is 0 Å². The number of rotatable bonds is 6. The third-order valence-corrected chi connectivity index (χ3v) is 6.62. The van der Waals surface area contributed by atoms with Crippen LogP contribution in [0.2, 0.25) is 0 Å². The van der Waals surface area contributed by atoms with Crippen molar-refractivity contribution < 1.29 is 13.2 Å². The number of nitrogens with one attached hydrogen (secondary N) is 2. The van der Waals surface area contributed by atoms with Crippen LogP contribution in [0, 0.1) is 5.92 Å². The molecule has 1 fully saturated rings. The molecular formula is C18H24N4O3S. The largest absolute Gasteiger partial charge is 0.326 e. The second-order valence-electron chi connectivity index (χ2n) is 6.55. The normalized spacial score (nSPS) is 18.6. The van der Waals surface area contributed by atoms with Crippen LogP contribution in [0.1, 0.15) is 26.2 Å². The van der Waals surface area contributed by atoms with Crippen molar-refractivity contribution >= 4 is 21.6 Å². The van der Waals surface area contributed by atoms with Crippen LogP contribution < -0.4 is 5.32 Å². The number of carbonyl (C=O) groups is 1. The molecule has 0 radical (unpaired) electrons. The van der Waals surface area contributed by atoms with Gasteiger partial charge in [0.15, 0.2) is 0 Å². The Bertz CT molecular complexity index is 832. The monoisotopic (exact) mass is 376 g/mol. The Hall–Kier alpha value is -2.19. The van der Waals surface area contributed by atoms with E-state index in [9.17, 15) is 13.2 Å². The Morgan fingerprint density at radius 3 is 2.73 bits per heavy atom. The number of sulfonamides is 1. The summed E-state index contributed by atoms with van der Waals surface area (Å²) in [5, 5.41) is 9.72. The molecule has 3 rings (SSSR count). The van der Waals surface area contributed by atoms with Crippen LogP contribution >= 0.6 is 0 Å². The van der Waals surface area contributed by atoms with Crippen molar-refractivity contribution in [2.24, 2.45) is 5.92 Å². The summed E-state index contributed by atoms with van der Waals surface area (Å²) in [6, 6.07) is 9.36. The molecule has 1 saturated heterocycles. The van der Waals surface area contributed by atoms with Gasteiger partial charge < -0.3 is 5.32 Å². The van der Waals surface area contributed by atoms with Gasteiger partial charge in [-0.25, -0.2) is 12.7 Å². The smallest absolute Gasteiger partial charge is 0.228 e. The van der Waals surface area contributed by atoms with Gasteiger partial charge in [-0.3, -0.25) is 9.89 Å². The SMILES string of the molecule is CCCS(=O)(=O)N1CCCC(C(=O)Nc2ccc(-c3ccn[nH]3)cc2)C1. The van der Waals surface area contributed by atoms with Gasteiger partial charge in [-0.05, 0) is 43.0 Å². The zero-order chi connectivity index (χ0) is 18.6. The van der Waals surface area contributed by atoms with Gasteiger partial charge in [0.1, 0.15) is 0 Å². The summed E-state index contributed by atoms with van der Waals surface area (Å²) >= 11 is 0. The number of carbonyl (C=O) groups excluding carboxylic acids is 1. The number of anilines is 1. The standard InChI is InChI=1S/C18H24N4O3S/c1-2-12-26(24,25)22-11-3-4-15(13-22)18(23)20-16-7-5-14(6-8-16)17-9-10-19-21-17/h5-10,15H,2-4,11-13H2,1H3,(H,19,21)(H,20,23). The molecule has 2 heterocycles. The molecule has 0 aliphatic carbocycles. The maximum atomic E-state index is 12.6. The van der Waals surface area contributed by atoms with Crippen LogP contribution in [0.15, 0.2) is 36.5 Å². The first-order valence-corrected chi connectivity index (χ1v) is 10.5. The van der Waals surface area contributed by atoms with Gasteiger partial charge in [0.25, 0.3) is 0 Å². The molecule has 1 atom stereocenters. The van der Waals surface area contributed by atoms with E-state index in [1.54, 1.807) is 6.20 Å². The lowest BCUT2D eigenvalue weighted by Gasteiger charge is -2.31. The predicted molar refractivity (Wildman–Crippen MR) is 101 cm³/mol. The topological polar surface area (TPSA) is 95.2 Å². The molecule has 8 heteroatoms. The molecule has 1 aromatic carbocycles. The summed E-state index contributed by atoms with van der Waals surface area (Å²) in [5.74, 6) is -0.311. The third kappa shape index (κ3) is 4.31. The molecule has 7 nitrogen and oxygen atoms in total. The van der Waals surface area contributed by atoms with Gasteiger partial charge in [0, 0.05) is 25.0 Å². The molecule has 1 amide bonds. The van der Waals surface area contributed by atoms with Gasteiger partial charge in [0.05, 0.1) is 17.4 Å². The van der Waals surface area contributed by atoms with E-state index < -0.39 is 10.0 Å². The molecule has 1 aromatic heterocycles. The summed E-state index contributed by atoms with van der Waals surface area (Å²) in [6.07, 6.45) is 3.68. The molecule has 2 aromatic rings. The fraction of sp³-hybridized carbons (Fsp3) is 0.444. The molecule has 2 N–H and O–H groups in total. The Labute approximate surface area is 153 Å². The highest BCUT2D eigenvalue weighted by molar-refractivity contribution is 7.89. The number of benzene rings is 1. The van der Waals surface area contributed by atoms with Gasteiger partial charge in [0.2, 0.25) is 15.9 Å². The maximum absolute atomic E-state index is 12.6. The minimum atomic E-state index is -3.26. The predicted octanol–water partition coefficient (Wildman–Crippen LogP) is 2.47. The summed E-state index contributed by atoms with van der Waals surface area (Å²) in [7, 11) is -3.26. The maximum Gasteiger partial charge on any atom is 0.228 e. The fourth-order valence-corrected chi connectivity index (χ4v) is 4.78. The Morgan fingerprint density at radius 1 is 1.31 bits per heavy atom. The van der Waals surface area contributed by atoms with Crippen LogP contribution in [0.25, 0.3) is 11.3 Å². The zero-order valence-corrected chi connectivity index (χ0v) is 15.6. The first kappa shape index (κ1) is 18.6. The summed E-state index contributed by atoms with van der Waals surface area (Å²) < 4.78 is 26.0. The second kappa shape index (κ2) is 8.01. The molecule has 0 spiro atoms. The van der Waals surface area contributed by atoms with Gasteiger partial charge in [-0.1, -0.05) is 19.1 Å². The highest BCUT2D eigenvalue weighted by atomic mass is 32.2. The average molecular weight is 376 g/mol. The van der Waals surface area contributed by atoms with Crippen molar-refractivity contribution in [1.29, 1.82) is 0 Å². The van der Waals surface area contributed by atoms with E-state index in [-0.39, 0.29) is 24.1 Å². The summed E-state index contributed by atoms with van der Waals surface area (Å²) in [5.41, 5.74) is 2.59. The quantitative estimate of drug-likeness (QED) is 0.810. The summed E-state index contributed by atoms with van der Waals surface area (Å²) in [4.78, 5) is 12.6. The van der Waals surface area contributed by atoms with Crippen LogP contribution in [0.3, 0.4) is 0 Å². The summed E-state index contributed by atoms with van der Waals surface area (Å²) in [6.45, 7) is 2.62. The first-order chi connectivity index (χ1) is 12.5. The lowest BCUT2D eigenvalue weighted by atomic mass is 9.98. The molecular weight excluding hydrogens is 352 g/mol. The third-order valence-electron chi connectivity index (χ3n) is 4.57. The van der Waals surface area contributed by atoms with E-state index in [0.717, 1.165) is 11.3 Å². The van der Waals surface area contributed by atoms with Gasteiger partial charge >= 0.3 is 0 Å². The van der Waals surface area contributed by atoms with Crippen molar-refractivity contribution in [1.82, 2.24) is 14.5 Å². The van der Waals surface area contributed by atoms with Crippen molar-refractivity contribution in [3.05, 3.63) is 36.5 Å². The minimum Gasteiger partial charge on any atom is -0.326 e.